The summed E-state index contributed by atoms with van der Waals surface area (Å²) in [6.45, 7) is 4.11. The maximum atomic E-state index is 11.4. The molecule has 4 nitrogen and oxygen atoms in total. The average molecular weight is 197 g/mol. The van der Waals surface area contributed by atoms with Gasteiger partial charge in [-0.2, -0.15) is 0 Å². The van der Waals surface area contributed by atoms with Crippen LogP contribution in [0.5, 0.6) is 0 Å². The van der Waals surface area contributed by atoms with Gasteiger partial charge < -0.3 is 5.32 Å². The monoisotopic (exact) mass is 197 g/mol. The first-order valence-corrected chi connectivity index (χ1v) is 5.61. The van der Waals surface area contributed by atoms with Crippen molar-refractivity contribution in [2.24, 2.45) is 5.92 Å². The third-order valence-electron chi connectivity index (χ3n) is 3.09. The van der Waals surface area contributed by atoms with Crippen molar-refractivity contribution in [2.75, 3.05) is 26.2 Å². The molecule has 2 rings (SSSR count). The molecule has 0 aliphatic carbocycles. The van der Waals surface area contributed by atoms with Crippen LogP contribution in [0, 0.1) is 5.92 Å². The number of nitrogens with one attached hydrogen (secondary N) is 2. The highest BCUT2D eigenvalue weighted by Crippen LogP contribution is 2.13. The molecule has 0 bridgehead atoms. The molecular formula is C10H19N3O. The van der Waals surface area contributed by atoms with Gasteiger partial charge in [-0.15, -0.1) is 0 Å². The highest BCUT2D eigenvalue weighted by molar-refractivity contribution is 5.76. The van der Waals surface area contributed by atoms with Crippen LogP contribution in [0.3, 0.4) is 0 Å². The van der Waals surface area contributed by atoms with E-state index in [9.17, 15) is 4.79 Å². The molecule has 14 heavy (non-hydrogen) atoms. The Morgan fingerprint density at radius 1 is 1.43 bits per heavy atom. The van der Waals surface area contributed by atoms with Gasteiger partial charge in [0, 0.05) is 19.5 Å². The molecule has 2 N–H and O–H groups in total. The second kappa shape index (κ2) is 4.75. The van der Waals surface area contributed by atoms with Gasteiger partial charge in [0.05, 0.1) is 0 Å². The van der Waals surface area contributed by atoms with Crippen LogP contribution in [0.25, 0.3) is 0 Å². The van der Waals surface area contributed by atoms with Crippen LogP contribution >= 0.6 is 0 Å². The second-order valence-corrected chi connectivity index (χ2v) is 4.20. The Kier molecular flexibility index (Phi) is 3.37. The molecule has 2 aliphatic heterocycles. The summed E-state index contributed by atoms with van der Waals surface area (Å²) < 4.78 is 0. The quantitative estimate of drug-likeness (QED) is 0.675. The molecule has 2 aliphatic rings. The number of nitrogens with zero attached hydrogens (tertiary/aromatic N) is 1. The van der Waals surface area contributed by atoms with Crippen molar-refractivity contribution in [1.29, 1.82) is 0 Å². The van der Waals surface area contributed by atoms with E-state index in [1.54, 1.807) is 0 Å². The fourth-order valence-corrected chi connectivity index (χ4v) is 2.15. The smallest absolute Gasteiger partial charge is 0.236 e. The van der Waals surface area contributed by atoms with Crippen molar-refractivity contribution < 1.29 is 4.79 Å². The lowest BCUT2D eigenvalue weighted by molar-refractivity contribution is -0.137. The minimum Gasteiger partial charge on any atom is -0.316 e. The summed E-state index contributed by atoms with van der Waals surface area (Å²) >= 11 is 0. The Morgan fingerprint density at radius 3 is 3.07 bits per heavy atom. The molecule has 4 heteroatoms. The maximum Gasteiger partial charge on any atom is 0.236 e. The van der Waals surface area contributed by atoms with Gasteiger partial charge in [-0.3, -0.25) is 9.80 Å². The van der Waals surface area contributed by atoms with Crippen molar-refractivity contribution in [3.05, 3.63) is 0 Å². The summed E-state index contributed by atoms with van der Waals surface area (Å²) in [5, 5.41) is 5.15. The van der Waals surface area contributed by atoms with Crippen LogP contribution in [-0.2, 0) is 4.79 Å². The van der Waals surface area contributed by atoms with Gasteiger partial charge in [0.1, 0.15) is 0 Å². The molecule has 1 atom stereocenters. The van der Waals surface area contributed by atoms with Gasteiger partial charge in [0.15, 0.2) is 0 Å². The van der Waals surface area contributed by atoms with E-state index in [1.807, 2.05) is 5.01 Å². The van der Waals surface area contributed by atoms with Gasteiger partial charge in [-0.1, -0.05) is 0 Å². The summed E-state index contributed by atoms with van der Waals surface area (Å²) in [6, 6.07) is 0. The third kappa shape index (κ3) is 2.45. The number of carbonyl (C=O) groups excluding carboxylic acids is 1. The normalized spacial score (nSPS) is 28.4. The first-order chi connectivity index (χ1) is 6.86. The number of amides is 1. The van der Waals surface area contributed by atoms with Gasteiger partial charge in [-0.05, 0) is 38.3 Å². The number of hydrazine groups is 1. The zero-order valence-electron chi connectivity index (χ0n) is 8.59. The Bertz CT molecular complexity index is 202. The van der Waals surface area contributed by atoms with E-state index in [2.05, 4.69) is 10.7 Å². The Labute approximate surface area is 85.0 Å². The van der Waals surface area contributed by atoms with Crippen LogP contribution < -0.4 is 10.7 Å². The third-order valence-corrected chi connectivity index (χ3v) is 3.09. The molecule has 2 saturated heterocycles. The predicted molar refractivity (Wildman–Crippen MR) is 54.5 cm³/mol. The van der Waals surface area contributed by atoms with E-state index in [4.69, 9.17) is 0 Å². The molecule has 2 fully saturated rings. The molecular weight excluding hydrogens is 178 g/mol. The van der Waals surface area contributed by atoms with Crippen LogP contribution in [0.2, 0.25) is 0 Å². The van der Waals surface area contributed by atoms with Gasteiger partial charge >= 0.3 is 0 Å². The average Bonchev–Trinajstić information content (AvgIpc) is 2.69. The van der Waals surface area contributed by atoms with Crippen molar-refractivity contribution in [2.45, 2.75) is 25.7 Å². The zero-order chi connectivity index (χ0) is 9.80. The molecule has 0 aromatic carbocycles. The number of hydrogen-bond acceptors (Lipinski definition) is 3. The lowest BCUT2D eigenvalue weighted by Gasteiger charge is -2.28. The highest BCUT2D eigenvalue weighted by Gasteiger charge is 2.20. The minimum absolute atomic E-state index is 0.266. The summed E-state index contributed by atoms with van der Waals surface area (Å²) in [5.41, 5.74) is 3.16. The Balaban J connectivity index is 1.70. The van der Waals surface area contributed by atoms with Crippen molar-refractivity contribution >= 4 is 5.91 Å². The van der Waals surface area contributed by atoms with Crippen LogP contribution in [0.4, 0.5) is 0 Å². The second-order valence-electron chi connectivity index (χ2n) is 4.20. The van der Waals surface area contributed by atoms with Crippen LogP contribution in [0.1, 0.15) is 25.7 Å². The lowest BCUT2D eigenvalue weighted by Crippen LogP contribution is -2.47. The molecule has 1 unspecified atom stereocenters. The Hall–Kier alpha value is -0.610. The number of carbonyl (C=O) groups is 1. The van der Waals surface area contributed by atoms with E-state index in [0.717, 1.165) is 51.4 Å². The van der Waals surface area contributed by atoms with E-state index < -0.39 is 0 Å². The maximum absolute atomic E-state index is 11.4. The van der Waals surface area contributed by atoms with Gasteiger partial charge in [-0.25, -0.2) is 5.43 Å². The Morgan fingerprint density at radius 2 is 2.36 bits per heavy atom. The molecule has 0 radical (unpaired) electrons. The summed E-state index contributed by atoms with van der Waals surface area (Å²) in [5.74, 6) is 1.04. The molecule has 0 aromatic heterocycles. The molecule has 1 amide bonds. The first-order valence-electron chi connectivity index (χ1n) is 5.61. The predicted octanol–water partition coefficient (Wildman–Crippen LogP) is 0.113. The van der Waals surface area contributed by atoms with E-state index in [-0.39, 0.29) is 5.91 Å². The molecule has 0 saturated carbocycles. The molecule has 2 heterocycles. The molecule has 0 aromatic rings. The summed E-state index contributed by atoms with van der Waals surface area (Å²) in [7, 11) is 0. The fraction of sp³-hybridized carbons (Fsp3) is 0.900. The van der Waals surface area contributed by atoms with Gasteiger partial charge in [0.2, 0.25) is 5.91 Å². The fourth-order valence-electron chi connectivity index (χ4n) is 2.15. The summed E-state index contributed by atoms with van der Waals surface area (Å²) in [4.78, 5) is 11.4. The lowest BCUT2D eigenvalue weighted by atomic mass is 10.0. The number of hydrogen-bond donors (Lipinski definition) is 2. The zero-order valence-corrected chi connectivity index (χ0v) is 8.59. The van der Waals surface area contributed by atoms with Crippen LogP contribution in [0.15, 0.2) is 0 Å². The largest absolute Gasteiger partial charge is 0.316 e. The molecule has 80 valence electrons. The van der Waals surface area contributed by atoms with E-state index in [1.165, 1.54) is 6.42 Å². The van der Waals surface area contributed by atoms with E-state index in [0.29, 0.717) is 0 Å². The van der Waals surface area contributed by atoms with Crippen molar-refractivity contribution in [1.82, 2.24) is 15.8 Å². The number of rotatable bonds is 3. The topological polar surface area (TPSA) is 44.4 Å². The molecule has 0 spiro atoms. The SMILES string of the molecule is O=C1CCCNN1CCC1CCNC1. The highest BCUT2D eigenvalue weighted by atomic mass is 16.2. The van der Waals surface area contributed by atoms with Crippen molar-refractivity contribution in [3.8, 4) is 0 Å². The van der Waals surface area contributed by atoms with E-state index >= 15 is 0 Å². The first kappa shape index (κ1) is 9.93. The van der Waals surface area contributed by atoms with Gasteiger partial charge in [0.25, 0.3) is 0 Å². The standard InChI is InChI=1S/C10H19N3O/c14-10-2-1-5-12-13(10)7-4-9-3-6-11-8-9/h9,11-12H,1-8H2. The van der Waals surface area contributed by atoms with Crippen LogP contribution in [-0.4, -0.2) is 37.1 Å². The minimum atomic E-state index is 0.266. The van der Waals surface area contributed by atoms with Crippen molar-refractivity contribution in [3.63, 3.8) is 0 Å². The summed E-state index contributed by atoms with van der Waals surface area (Å²) in [6.07, 6.45) is 4.10.